The van der Waals surface area contributed by atoms with E-state index in [4.69, 9.17) is 5.73 Å². The average Bonchev–Trinajstić information content (AvgIpc) is 2.19. The SMILES string of the molecule is CN(Cc1ccc(N)cc1)S(=O)(=O)C(C)(C)C. The van der Waals surface area contributed by atoms with Gasteiger partial charge < -0.3 is 5.73 Å². The van der Waals surface area contributed by atoms with Gasteiger partial charge in [0.25, 0.3) is 0 Å². The highest BCUT2D eigenvalue weighted by molar-refractivity contribution is 7.90. The topological polar surface area (TPSA) is 63.4 Å². The number of benzene rings is 1. The van der Waals surface area contributed by atoms with Crippen molar-refractivity contribution in [3.8, 4) is 0 Å². The highest BCUT2D eigenvalue weighted by Gasteiger charge is 2.32. The lowest BCUT2D eigenvalue weighted by atomic mass is 10.2. The van der Waals surface area contributed by atoms with Gasteiger partial charge >= 0.3 is 0 Å². The summed E-state index contributed by atoms with van der Waals surface area (Å²) in [5.74, 6) is 0. The predicted molar refractivity (Wildman–Crippen MR) is 71.0 cm³/mol. The molecule has 0 saturated carbocycles. The molecule has 0 radical (unpaired) electrons. The number of nitrogens with two attached hydrogens (primary N) is 1. The summed E-state index contributed by atoms with van der Waals surface area (Å²) in [6.07, 6.45) is 0. The summed E-state index contributed by atoms with van der Waals surface area (Å²) < 4.78 is 24.8. The Balaban J connectivity index is 2.87. The molecule has 5 heteroatoms. The molecule has 0 aliphatic rings. The van der Waals surface area contributed by atoms with Crippen LogP contribution in [0.1, 0.15) is 26.3 Å². The fourth-order valence-corrected chi connectivity index (χ4v) is 2.69. The molecule has 17 heavy (non-hydrogen) atoms. The Labute approximate surface area is 103 Å². The number of hydrogen-bond donors (Lipinski definition) is 1. The highest BCUT2D eigenvalue weighted by Crippen LogP contribution is 2.20. The number of rotatable bonds is 3. The molecule has 0 unspecified atom stereocenters. The van der Waals surface area contributed by atoms with Crippen LogP contribution in [0.2, 0.25) is 0 Å². The number of nitrogens with zero attached hydrogens (tertiary/aromatic N) is 1. The molecule has 2 N–H and O–H groups in total. The van der Waals surface area contributed by atoms with Gasteiger partial charge in [0, 0.05) is 19.3 Å². The van der Waals surface area contributed by atoms with E-state index in [2.05, 4.69) is 0 Å². The standard InChI is InChI=1S/C12H20N2O2S/c1-12(2,3)17(15,16)14(4)9-10-5-7-11(13)8-6-10/h5-8H,9,13H2,1-4H3. The van der Waals surface area contributed by atoms with E-state index in [0.717, 1.165) is 5.56 Å². The Kier molecular flexibility index (Phi) is 3.84. The Bertz CT molecular complexity index is 472. The molecule has 0 spiro atoms. The molecular formula is C12H20N2O2S. The molecule has 4 nitrogen and oxygen atoms in total. The van der Waals surface area contributed by atoms with E-state index in [1.54, 1.807) is 40.0 Å². The second kappa shape index (κ2) is 4.66. The minimum Gasteiger partial charge on any atom is -0.399 e. The van der Waals surface area contributed by atoms with Crippen molar-refractivity contribution in [1.29, 1.82) is 0 Å². The Morgan fingerprint density at radius 3 is 2.06 bits per heavy atom. The molecule has 0 saturated heterocycles. The monoisotopic (exact) mass is 256 g/mol. The first-order valence-electron chi connectivity index (χ1n) is 5.45. The summed E-state index contributed by atoms with van der Waals surface area (Å²) in [7, 11) is -1.69. The van der Waals surface area contributed by atoms with Crippen LogP contribution >= 0.6 is 0 Å². The third kappa shape index (κ3) is 3.20. The van der Waals surface area contributed by atoms with E-state index in [-0.39, 0.29) is 0 Å². The molecule has 0 atom stereocenters. The Morgan fingerprint density at radius 1 is 1.18 bits per heavy atom. The maximum atomic E-state index is 12.1. The van der Waals surface area contributed by atoms with E-state index in [1.165, 1.54) is 4.31 Å². The molecule has 0 bridgehead atoms. The first-order chi connectivity index (χ1) is 7.64. The number of hydrogen-bond acceptors (Lipinski definition) is 3. The molecule has 96 valence electrons. The van der Waals surface area contributed by atoms with Crippen LogP contribution in [0.5, 0.6) is 0 Å². The third-order valence-corrected chi connectivity index (χ3v) is 5.07. The molecule has 0 aliphatic heterocycles. The van der Waals surface area contributed by atoms with Gasteiger partial charge in [0.05, 0.1) is 4.75 Å². The summed E-state index contributed by atoms with van der Waals surface area (Å²) >= 11 is 0. The van der Waals surface area contributed by atoms with E-state index >= 15 is 0 Å². The van der Waals surface area contributed by atoms with Crippen molar-refractivity contribution in [3.63, 3.8) is 0 Å². The quantitative estimate of drug-likeness (QED) is 0.839. The third-order valence-electron chi connectivity index (χ3n) is 2.57. The van der Waals surface area contributed by atoms with Gasteiger partial charge in [-0.3, -0.25) is 0 Å². The summed E-state index contributed by atoms with van der Waals surface area (Å²) in [5.41, 5.74) is 7.18. The second-order valence-electron chi connectivity index (χ2n) is 5.12. The average molecular weight is 256 g/mol. The summed E-state index contributed by atoms with van der Waals surface area (Å²) in [6.45, 7) is 5.45. The van der Waals surface area contributed by atoms with Crippen LogP contribution in [-0.4, -0.2) is 24.5 Å². The first kappa shape index (κ1) is 14.0. The maximum Gasteiger partial charge on any atom is 0.219 e. The summed E-state index contributed by atoms with van der Waals surface area (Å²) in [6, 6.07) is 7.22. The van der Waals surface area contributed by atoms with Gasteiger partial charge in [-0.1, -0.05) is 12.1 Å². The Hall–Kier alpha value is -1.07. The smallest absolute Gasteiger partial charge is 0.219 e. The molecule has 1 rings (SSSR count). The molecule has 0 aliphatic carbocycles. The first-order valence-corrected chi connectivity index (χ1v) is 6.89. The van der Waals surface area contributed by atoms with Crippen LogP contribution in [-0.2, 0) is 16.6 Å². The number of anilines is 1. The van der Waals surface area contributed by atoms with Crippen molar-refractivity contribution in [3.05, 3.63) is 29.8 Å². The second-order valence-corrected chi connectivity index (χ2v) is 7.91. The summed E-state index contributed by atoms with van der Waals surface area (Å²) in [4.78, 5) is 0. The van der Waals surface area contributed by atoms with Crippen LogP contribution < -0.4 is 5.73 Å². The molecular weight excluding hydrogens is 236 g/mol. The van der Waals surface area contributed by atoms with Crippen LogP contribution in [0.25, 0.3) is 0 Å². The van der Waals surface area contributed by atoms with Gasteiger partial charge in [-0.15, -0.1) is 0 Å². The van der Waals surface area contributed by atoms with Crippen molar-refractivity contribution in [2.75, 3.05) is 12.8 Å². The predicted octanol–water partition coefficient (Wildman–Crippen LogP) is 1.83. The van der Waals surface area contributed by atoms with Crippen LogP contribution in [0.4, 0.5) is 5.69 Å². The van der Waals surface area contributed by atoms with Gasteiger partial charge in [-0.05, 0) is 38.5 Å². The highest BCUT2D eigenvalue weighted by atomic mass is 32.2. The molecule has 0 aromatic heterocycles. The van der Waals surface area contributed by atoms with Crippen molar-refractivity contribution < 1.29 is 8.42 Å². The normalized spacial score (nSPS) is 13.0. The minimum absolute atomic E-state index is 0.361. The van der Waals surface area contributed by atoms with Gasteiger partial charge in [0.1, 0.15) is 0 Å². The van der Waals surface area contributed by atoms with E-state index in [1.807, 2.05) is 12.1 Å². The van der Waals surface area contributed by atoms with Crippen LogP contribution in [0.15, 0.2) is 24.3 Å². The number of sulfonamides is 1. The molecule has 0 heterocycles. The molecule has 1 aromatic carbocycles. The van der Waals surface area contributed by atoms with Crippen molar-refractivity contribution in [2.45, 2.75) is 32.1 Å². The minimum atomic E-state index is -3.28. The van der Waals surface area contributed by atoms with E-state index < -0.39 is 14.8 Å². The fourth-order valence-electron chi connectivity index (χ4n) is 1.43. The molecule has 1 aromatic rings. The maximum absolute atomic E-state index is 12.1. The Morgan fingerprint density at radius 2 is 1.65 bits per heavy atom. The van der Waals surface area contributed by atoms with Crippen molar-refractivity contribution >= 4 is 15.7 Å². The lowest BCUT2D eigenvalue weighted by Crippen LogP contribution is -2.40. The number of nitrogen functional groups attached to an aromatic ring is 1. The van der Waals surface area contributed by atoms with Crippen molar-refractivity contribution in [2.24, 2.45) is 0 Å². The van der Waals surface area contributed by atoms with Crippen LogP contribution in [0.3, 0.4) is 0 Å². The summed E-state index contributed by atoms with van der Waals surface area (Å²) in [5, 5.41) is 0. The lowest BCUT2D eigenvalue weighted by Gasteiger charge is -2.26. The van der Waals surface area contributed by atoms with E-state index in [0.29, 0.717) is 12.2 Å². The molecule has 0 fully saturated rings. The zero-order valence-corrected chi connectivity index (χ0v) is 11.6. The van der Waals surface area contributed by atoms with Crippen LogP contribution in [0, 0.1) is 0 Å². The largest absolute Gasteiger partial charge is 0.399 e. The van der Waals surface area contributed by atoms with Gasteiger partial charge in [0.15, 0.2) is 0 Å². The fraction of sp³-hybridized carbons (Fsp3) is 0.500. The van der Waals surface area contributed by atoms with E-state index in [9.17, 15) is 8.42 Å². The van der Waals surface area contributed by atoms with Gasteiger partial charge in [-0.25, -0.2) is 12.7 Å². The van der Waals surface area contributed by atoms with Crippen molar-refractivity contribution in [1.82, 2.24) is 4.31 Å². The zero-order valence-electron chi connectivity index (χ0n) is 10.8. The lowest BCUT2D eigenvalue weighted by molar-refractivity contribution is 0.442. The van der Waals surface area contributed by atoms with Gasteiger partial charge in [0.2, 0.25) is 10.0 Å². The van der Waals surface area contributed by atoms with Gasteiger partial charge in [-0.2, -0.15) is 0 Å². The molecule has 0 amide bonds. The zero-order chi connectivity index (χ0) is 13.3.